The van der Waals surface area contributed by atoms with E-state index >= 15 is 0 Å². The van der Waals surface area contributed by atoms with Crippen LogP contribution in [0.4, 0.5) is 4.79 Å². The van der Waals surface area contributed by atoms with Crippen LogP contribution in [-0.2, 0) is 6.54 Å². The van der Waals surface area contributed by atoms with E-state index in [1.54, 1.807) is 11.3 Å². The lowest BCUT2D eigenvalue weighted by Gasteiger charge is -1.97. The fourth-order valence-electron chi connectivity index (χ4n) is 1.40. The van der Waals surface area contributed by atoms with Gasteiger partial charge in [-0.05, 0) is 17.7 Å². The highest BCUT2D eigenvalue weighted by molar-refractivity contribution is 7.15. The third-order valence-corrected chi connectivity index (χ3v) is 3.29. The summed E-state index contributed by atoms with van der Waals surface area (Å²) < 4.78 is 0. The minimum atomic E-state index is -0.491. The van der Waals surface area contributed by atoms with E-state index < -0.39 is 6.03 Å². The van der Waals surface area contributed by atoms with Gasteiger partial charge in [-0.3, -0.25) is 0 Å². The molecule has 0 atom stereocenters. The third kappa shape index (κ3) is 2.61. The molecule has 4 heteroatoms. The van der Waals surface area contributed by atoms with Crippen molar-refractivity contribution in [2.75, 3.05) is 0 Å². The largest absolute Gasteiger partial charge is 0.352 e. The van der Waals surface area contributed by atoms with Crippen molar-refractivity contribution in [3.63, 3.8) is 0 Å². The Morgan fingerprint density at radius 2 is 1.94 bits per heavy atom. The summed E-state index contributed by atoms with van der Waals surface area (Å²) in [5, 5.41) is 2.58. The number of rotatable bonds is 3. The van der Waals surface area contributed by atoms with Crippen molar-refractivity contribution in [3.8, 4) is 10.4 Å². The minimum absolute atomic E-state index is 0.491. The lowest BCUT2D eigenvalue weighted by Crippen LogP contribution is -2.28. The summed E-state index contributed by atoms with van der Waals surface area (Å²) in [5.41, 5.74) is 6.21. The lowest BCUT2D eigenvalue weighted by molar-refractivity contribution is 0.248. The van der Waals surface area contributed by atoms with Crippen molar-refractivity contribution >= 4 is 17.4 Å². The van der Waals surface area contributed by atoms with E-state index in [0.717, 1.165) is 4.88 Å². The monoisotopic (exact) mass is 232 g/mol. The quantitative estimate of drug-likeness (QED) is 0.839. The van der Waals surface area contributed by atoms with Crippen molar-refractivity contribution in [1.82, 2.24) is 5.32 Å². The van der Waals surface area contributed by atoms with Gasteiger partial charge in [0.15, 0.2) is 0 Å². The van der Waals surface area contributed by atoms with Crippen molar-refractivity contribution in [2.24, 2.45) is 5.73 Å². The van der Waals surface area contributed by atoms with Crippen molar-refractivity contribution in [3.05, 3.63) is 47.3 Å². The molecular weight excluding hydrogens is 220 g/mol. The first-order chi connectivity index (χ1) is 7.75. The molecule has 3 nitrogen and oxygen atoms in total. The summed E-state index contributed by atoms with van der Waals surface area (Å²) in [6.07, 6.45) is 0. The molecule has 0 saturated heterocycles. The number of primary amides is 1. The van der Waals surface area contributed by atoms with Crippen LogP contribution in [0.1, 0.15) is 4.88 Å². The van der Waals surface area contributed by atoms with Gasteiger partial charge in [0.25, 0.3) is 0 Å². The first-order valence-electron chi connectivity index (χ1n) is 4.93. The van der Waals surface area contributed by atoms with Crippen molar-refractivity contribution in [2.45, 2.75) is 6.54 Å². The molecule has 82 valence electrons. The molecule has 3 N–H and O–H groups in total. The second-order valence-corrected chi connectivity index (χ2v) is 4.52. The standard InChI is InChI=1S/C12H12N2OS/c13-12(15)14-8-10-6-7-11(16-10)9-4-2-1-3-5-9/h1-7H,8H2,(H3,13,14,15). The fourth-order valence-corrected chi connectivity index (χ4v) is 2.36. The molecule has 0 spiro atoms. The fraction of sp³-hybridized carbons (Fsp3) is 0.0833. The van der Waals surface area contributed by atoms with Crippen LogP contribution in [0.15, 0.2) is 42.5 Å². The molecule has 0 fully saturated rings. The van der Waals surface area contributed by atoms with Crippen LogP contribution >= 0.6 is 11.3 Å². The molecule has 0 aliphatic carbocycles. The van der Waals surface area contributed by atoms with Crippen molar-refractivity contribution in [1.29, 1.82) is 0 Å². The Kier molecular flexibility index (Phi) is 3.22. The maximum absolute atomic E-state index is 10.6. The zero-order chi connectivity index (χ0) is 11.4. The van der Waals surface area contributed by atoms with Gasteiger partial charge in [-0.2, -0.15) is 0 Å². The summed E-state index contributed by atoms with van der Waals surface area (Å²) >= 11 is 1.66. The number of hydrogen-bond donors (Lipinski definition) is 2. The molecule has 0 unspecified atom stereocenters. The second kappa shape index (κ2) is 4.81. The summed E-state index contributed by atoms with van der Waals surface area (Å²) in [5.74, 6) is 0. The van der Waals surface area contributed by atoms with E-state index in [0.29, 0.717) is 6.54 Å². The third-order valence-electron chi connectivity index (χ3n) is 2.16. The molecule has 1 heterocycles. The lowest BCUT2D eigenvalue weighted by atomic mass is 10.2. The van der Waals surface area contributed by atoms with Crippen LogP contribution in [0.5, 0.6) is 0 Å². The van der Waals surface area contributed by atoms with Gasteiger partial charge in [0.2, 0.25) is 0 Å². The van der Waals surface area contributed by atoms with E-state index in [-0.39, 0.29) is 0 Å². The first kappa shape index (κ1) is 10.7. The zero-order valence-electron chi connectivity index (χ0n) is 8.64. The Labute approximate surface area is 97.9 Å². The summed E-state index contributed by atoms with van der Waals surface area (Å²) in [4.78, 5) is 12.9. The number of thiophene rings is 1. The molecule has 0 aliphatic heterocycles. The van der Waals surface area contributed by atoms with Crippen LogP contribution in [0.2, 0.25) is 0 Å². The van der Waals surface area contributed by atoms with E-state index in [2.05, 4.69) is 23.5 Å². The topological polar surface area (TPSA) is 55.1 Å². The van der Waals surface area contributed by atoms with Gasteiger partial charge < -0.3 is 11.1 Å². The molecule has 2 amide bonds. The Bertz CT molecular complexity index is 479. The molecule has 0 radical (unpaired) electrons. The first-order valence-corrected chi connectivity index (χ1v) is 5.75. The average Bonchev–Trinajstić information content (AvgIpc) is 2.76. The zero-order valence-corrected chi connectivity index (χ0v) is 9.46. The molecule has 2 aromatic rings. The van der Waals surface area contributed by atoms with E-state index in [1.165, 1.54) is 10.4 Å². The summed E-state index contributed by atoms with van der Waals surface area (Å²) in [6, 6.07) is 13.7. The predicted octanol–water partition coefficient (Wildman–Crippen LogP) is 2.58. The highest BCUT2D eigenvalue weighted by Gasteiger charge is 2.02. The smallest absolute Gasteiger partial charge is 0.312 e. The number of amides is 2. The van der Waals surface area contributed by atoms with E-state index in [4.69, 9.17) is 5.73 Å². The van der Waals surface area contributed by atoms with E-state index in [9.17, 15) is 4.79 Å². The Hall–Kier alpha value is -1.81. The molecule has 2 rings (SSSR count). The molecule has 0 bridgehead atoms. The van der Waals surface area contributed by atoms with Crippen LogP contribution in [0, 0.1) is 0 Å². The molecule has 0 aliphatic rings. The summed E-state index contributed by atoms with van der Waals surface area (Å²) in [7, 11) is 0. The maximum atomic E-state index is 10.6. The number of hydrogen-bond acceptors (Lipinski definition) is 2. The minimum Gasteiger partial charge on any atom is -0.352 e. The average molecular weight is 232 g/mol. The Balaban J connectivity index is 2.11. The predicted molar refractivity (Wildman–Crippen MR) is 66.2 cm³/mol. The Morgan fingerprint density at radius 1 is 1.19 bits per heavy atom. The summed E-state index contributed by atoms with van der Waals surface area (Å²) in [6.45, 7) is 0.493. The van der Waals surface area contributed by atoms with Gasteiger partial charge in [0.1, 0.15) is 0 Å². The second-order valence-electron chi connectivity index (χ2n) is 3.35. The van der Waals surface area contributed by atoms with Gasteiger partial charge >= 0.3 is 6.03 Å². The number of nitrogens with two attached hydrogens (primary N) is 1. The van der Waals surface area contributed by atoms with Crippen LogP contribution in [0.3, 0.4) is 0 Å². The number of benzene rings is 1. The van der Waals surface area contributed by atoms with Crippen LogP contribution < -0.4 is 11.1 Å². The number of carbonyl (C=O) groups is 1. The molecule has 1 aromatic heterocycles. The number of carbonyl (C=O) groups excluding carboxylic acids is 1. The van der Waals surface area contributed by atoms with Gasteiger partial charge in [-0.1, -0.05) is 30.3 Å². The van der Waals surface area contributed by atoms with E-state index in [1.807, 2.05) is 24.3 Å². The highest BCUT2D eigenvalue weighted by atomic mass is 32.1. The van der Waals surface area contributed by atoms with Gasteiger partial charge in [-0.25, -0.2) is 4.79 Å². The molecular formula is C12H12N2OS. The van der Waals surface area contributed by atoms with Gasteiger partial charge in [-0.15, -0.1) is 11.3 Å². The van der Waals surface area contributed by atoms with Gasteiger partial charge in [0.05, 0.1) is 6.54 Å². The van der Waals surface area contributed by atoms with Crippen molar-refractivity contribution < 1.29 is 4.79 Å². The number of urea groups is 1. The Morgan fingerprint density at radius 3 is 2.62 bits per heavy atom. The molecule has 1 aromatic carbocycles. The van der Waals surface area contributed by atoms with Crippen LogP contribution in [-0.4, -0.2) is 6.03 Å². The molecule has 16 heavy (non-hydrogen) atoms. The van der Waals surface area contributed by atoms with Crippen LogP contribution in [0.25, 0.3) is 10.4 Å². The molecule has 0 saturated carbocycles. The maximum Gasteiger partial charge on any atom is 0.312 e. The normalized spacial score (nSPS) is 10.0. The van der Waals surface area contributed by atoms with Gasteiger partial charge in [0, 0.05) is 9.75 Å². The highest BCUT2D eigenvalue weighted by Crippen LogP contribution is 2.27. The SMILES string of the molecule is NC(=O)NCc1ccc(-c2ccccc2)s1. The number of nitrogens with one attached hydrogen (secondary N) is 1.